The highest BCUT2D eigenvalue weighted by Gasteiger charge is 2.20. The Hall–Kier alpha value is -3.36. The van der Waals surface area contributed by atoms with Crippen molar-refractivity contribution in [1.82, 2.24) is 20.1 Å². The monoisotopic (exact) mass is 490 g/mol. The Labute approximate surface area is 211 Å². The second kappa shape index (κ2) is 10.7. The predicted molar refractivity (Wildman–Crippen MR) is 140 cm³/mol. The number of hydrogen-bond donors (Lipinski definition) is 2. The Morgan fingerprint density at radius 3 is 2.56 bits per heavy atom. The molecule has 1 amide bonds. The molecule has 0 spiro atoms. The number of aromatic nitrogens is 1. The van der Waals surface area contributed by atoms with Gasteiger partial charge >= 0.3 is 0 Å². The third-order valence-electron chi connectivity index (χ3n) is 7.24. The molecule has 0 aliphatic carbocycles. The maximum atomic E-state index is 12.9. The third-order valence-corrected chi connectivity index (χ3v) is 7.24. The Morgan fingerprint density at radius 1 is 1.00 bits per heavy atom. The quantitative estimate of drug-likeness (QED) is 0.530. The topological polar surface area (TPSA) is 84.8 Å². The number of fused-ring (bicyclic) bond motifs is 2. The Bertz CT molecular complexity index is 1310. The first-order valence-electron chi connectivity index (χ1n) is 12.7. The van der Waals surface area contributed by atoms with Gasteiger partial charge in [0.25, 0.3) is 11.5 Å². The number of carbonyl (C=O) groups is 1. The molecule has 1 saturated heterocycles. The van der Waals surface area contributed by atoms with Crippen LogP contribution in [0.2, 0.25) is 0 Å². The molecule has 0 bridgehead atoms. The van der Waals surface area contributed by atoms with Crippen molar-refractivity contribution in [2.45, 2.75) is 38.9 Å². The summed E-state index contributed by atoms with van der Waals surface area (Å²) in [5.41, 5.74) is 3.49. The summed E-state index contributed by atoms with van der Waals surface area (Å²) in [6, 6.07) is 13.9. The number of carbonyl (C=O) groups excluding carboxylic acids is 1. The summed E-state index contributed by atoms with van der Waals surface area (Å²) >= 11 is 0. The lowest BCUT2D eigenvalue weighted by Gasteiger charge is -2.32. The highest BCUT2D eigenvalue weighted by Crippen LogP contribution is 2.30. The molecule has 0 atom stereocenters. The number of piperidine rings is 1. The van der Waals surface area contributed by atoms with Crippen LogP contribution in [0.5, 0.6) is 11.5 Å². The van der Waals surface area contributed by atoms with Crippen LogP contribution in [-0.2, 0) is 13.1 Å². The van der Waals surface area contributed by atoms with Crippen molar-refractivity contribution in [2.24, 2.45) is 0 Å². The van der Waals surface area contributed by atoms with Crippen molar-refractivity contribution in [3.05, 3.63) is 69.5 Å². The number of hydrogen-bond acceptors (Lipinski definition) is 6. The van der Waals surface area contributed by atoms with Crippen molar-refractivity contribution < 1.29 is 14.3 Å². The van der Waals surface area contributed by atoms with Crippen LogP contribution < -0.4 is 25.7 Å². The Kier molecular flexibility index (Phi) is 7.25. The molecule has 8 heteroatoms. The molecule has 0 saturated carbocycles. The fourth-order valence-corrected chi connectivity index (χ4v) is 5.13. The van der Waals surface area contributed by atoms with E-state index < -0.39 is 0 Å². The molecular formula is C28H34N4O4. The summed E-state index contributed by atoms with van der Waals surface area (Å²) < 4.78 is 13.1. The molecule has 36 heavy (non-hydrogen) atoms. The first kappa shape index (κ1) is 24.3. The van der Waals surface area contributed by atoms with E-state index in [-0.39, 0.29) is 11.5 Å². The minimum atomic E-state index is -0.150. The van der Waals surface area contributed by atoms with E-state index in [1.807, 2.05) is 31.2 Å². The van der Waals surface area contributed by atoms with Gasteiger partial charge in [-0.1, -0.05) is 12.1 Å². The van der Waals surface area contributed by atoms with Crippen LogP contribution >= 0.6 is 0 Å². The first-order valence-corrected chi connectivity index (χ1v) is 12.7. The van der Waals surface area contributed by atoms with Crippen molar-refractivity contribution in [1.29, 1.82) is 0 Å². The second-order valence-electron chi connectivity index (χ2n) is 9.60. The second-order valence-corrected chi connectivity index (χ2v) is 9.60. The van der Waals surface area contributed by atoms with Crippen LogP contribution in [0.1, 0.15) is 34.3 Å². The number of pyridine rings is 1. The van der Waals surface area contributed by atoms with Gasteiger partial charge in [0.05, 0.1) is 5.52 Å². The van der Waals surface area contributed by atoms with Crippen LogP contribution in [-0.4, -0.2) is 61.3 Å². The van der Waals surface area contributed by atoms with Gasteiger partial charge in [-0.05, 0) is 68.2 Å². The van der Waals surface area contributed by atoms with E-state index in [1.54, 1.807) is 17.7 Å². The number of rotatable bonds is 7. The van der Waals surface area contributed by atoms with Crippen LogP contribution in [0.4, 0.5) is 0 Å². The van der Waals surface area contributed by atoms with E-state index in [9.17, 15) is 9.59 Å². The third kappa shape index (κ3) is 5.24. The summed E-state index contributed by atoms with van der Waals surface area (Å²) in [6.45, 7) is 7.33. The summed E-state index contributed by atoms with van der Waals surface area (Å²) in [7, 11) is 1.62. The number of amides is 1. The van der Waals surface area contributed by atoms with Gasteiger partial charge in [-0.2, -0.15) is 0 Å². The minimum Gasteiger partial charge on any atom is -0.486 e. The lowest BCUT2D eigenvalue weighted by molar-refractivity contribution is 0.0963. The Morgan fingerprint density at radius 2 is 1.78 bits per heavy atom. The van der Waals surface area contributed by atoms with E-state index in [1.165, 1.54) is 5.56 Å². The molecule has 1 fully saturated rings. The zero-order valence-electron chi connectivity index (χ0n) is 21.0. The van der Waals surface area contributed by atoms with Crippen molar-refractivity contribution in [2.75, 3.05) is 39.9 Å². The molecule has 1 aromatic heterocycles. The lowest BCUT2D eigenvalue weighted by Crippen LogP contribution is -2.43. The average molecular weight is 491 g/mol. The fraction of sp³-hybridized carbons (Fsp3) is 0.429. The standard InChI is InChI=1S/C28H34N4O4/c1-19-15-27(33)32(24-17-21(28(34)29-2)4-5-23(19)24)12-11-31-9-7-22(8-10-31)30-18-20-3-6-25-26(16-20)36-14-13-35-25/h3-6,15-17,22,30H,7-14,18H2,1-2H3,(H,29,34). The van der Waals surface area contributed by atoms with Crippen LogP contribution in [0.25, 0.3) is 10.9 Å². The zero-order valence-corrected chi connectivity index (χ0v) is 21.0. The molecule has 5 rings (SSSR count). The van der Waals surface area contributed by atoms with Crippen molar-refractivity contribution >= 4 is 16.8 Å². The molecule has 3 heterocycles. The molecule has 3 aromatic rings. The smallest absolute Gasteiger partial charge is 0.251 e. The molecule has 2 N–H and O–H groups in total. The van der Waals surface area contributed by atoms with Crippen molar-refractivity contribution in [3.63, 3.8) is 0 Å². The summed E-state index contributed by atoms with van der Waals surface area (Å²) in [5.74, 6) is 1.50. The number of ether oxygens (including phenoxy) is 2. The normalized spacial score (nSPS) is 16.3. The molecular weight excluding hydrogens is 456 g/mol. The number of nitrogens with one attached hydrogen (secondary N) is 2. The average Bonchev–Trinajstić information content (AvgIpc) is 2.91. The van der Waals surface area contributed by atoms with Crippen LogP contribution in [0.15, 0.2) is 47.3 Å². The van der Waals surface area contributed by atoms with Gasteiger partial charge in [0.2, 0.25) is 0 Å². The van der Waals surface area contributed by atoms with E-state index in [0.29, 0.717) is 31.4 Å². The van der Waals surface area contributed by atoms with Crippen LogP contribution in [0.3, 0.4) is 0 Å². The van der Waals surface area contributed by atoms with Gasteiger partial charge < -0.3 is 29.6 Å². The number of aryl methyl sites for hydroxylation is 1. The predicted octanol–water partition coefficient (Wildman–Crippen LogP) is 2.69. The summed E-state index contributed by atoms with van der Waals surface area (Å²) in [4.78, 5) is 27.4. The lowest BCUT2D eigenvalue weighted by atomic mass is 10.0. The maximum Gasteiger partial charge on any atom is 0.251 e. The largest absolute Gasteiger partial charge is 0.486 e. The van der Waals surface area contributed by atoms with Gasteiger partial charge in [0, 0.05) is 49.7 Å². The molecule has 8 nitrogen and oxygen atoms in total. The number of likely N-dealkylation sites (tertiary alicyclic amines) is 1. The highest BCUT2D eigenvalue weighted by molar-refractivity contribution is 5.98. The van der Waals surface area contributed by atoms with Gasteiger partial charge in [-0.15, -0.1) is 0 Å². The SMILES string of the molecule is CNC(=O)c1ccc2c(C)cc(=O)n(CCN3CCC(NCc4ccc5c(c4)OCCO5)CC3)c2c1. The summed E-state index contributed by atoms with van der Waals surface area (Å²) in [5, 5.41) is 7.35. The molecule has 0 unspecified atom stereocenters. The van der Waals surface area contributed by atoms with Gasteiger partial charge in [0.1, 0.15) is 13.2 Å². The molecule has 2 aromatic carbocycles. The summed E-state index contributed by atoms with van der Waals surface area (Å²) in [6.07, 6.45) is 2.13. The van der Waals surface area contributed by atoms with Crippen LogP contribution in [0, 0.1) is 6.92 Å². The minimum absolute atomic E-state index is 0.0231. The number of benzene rings is 2. The van der Waals surface area contributed by atoms with Gasteiger partial charge in [-0.3, -0.25) is 9.59 Å². The number of nitrogens with zero attached hydrogens (tertiary/aromatic N) is 2. The van der Waals surface area contributed by atoms with Gasteiger partial charge in [0.15, 0.2) is 11.5 Å². The van der Waals surface area contributed by atoms with E-state index in [4.69, 9.17) is 9.47 Å². The zero-order chi connectivity index (χ0) is 25.1. The van der Waals surface area contributed by atoms with Crippen molar-refractivity contribution in [3.8, 4) is 11.5 Å². The maximum absolute atomic E-state index is 12.9. The Balaban J connectivity index is 1.17. The highest BCUT2D eigenvalue weighted by atomic mass is 16.6. The van der Waals surface area contributed by atoms with E-state index in [2.05, 4.69) is 27.7 Å². The molecule has 0 radical (unpaired) electrons. The molecule has 2 aliphatic heterocycles. The molecule has 190 valence electrons. The van der Waals surface area contributed by atoms with E-state index >= 15 is 0 Å². The van der Waals surface area contributed by atoms with E-state index in [0.717, 1.165) is 67.0 Å². The first-order chi connectivity index (χ1) is 17.5. The fourth-order valence-electron chi connectivity index (χ4n) is 5.13. The van der Waals surface area contributed by atoms with Gasteiger partial charge in [-0.25, -0.2) is 0 Å². The molecule has 2 aliphatic rings.